The Bertz CT molecular complexity index is 1130. The Morgan fingerprint density at radius 1 is 1.08 bits per heavy atom. The van der Waals surface area contributed by atoms with Crippen molar-refractivity contribution in [1.29, 1.82) is 5.26 Å². The molecule has 0 aliphatic carbocycles. The van der Waals surface area contributed by atoms with Crippen LogP contribution in [0.3, 0.4) is 0 Å². The van der Waals surface area contributed by atoms with Gasteiger partial charge in [0.1, 0.15) is 5.60 Å². The highest BCUT2D eigenvalue weighted by atomic mass is 16.6. The molecular weight excluding hydrogens is 470 g/mol. The Balaban J connectivity index is 1.42. The van der Waals surface area contributed by atoms with Crippen LogP contribution in [0.25, 0.3) is 0 Å². The van der Waals surface area contributed by atoms with Crippen LogP contribution in [-0.4, -0.2) is 41.6 Å². The van der Waals surface area contributed by atoms with Crippen molar-refractivity contribution in [2.75, 3.05) is 23.7 Å². The summed E-state index contributed by atoms with van der Waals surface area (Å²) >= 11 is 0. The van der Waals surface area contributed by atoms with Crippen molar-refractivity contribution in [3.63, 3.8) is 0 Å². The van der Waals surface area contributed by atoms with Crippen molar-refractivity contribution in [2.24, 2.45) is 5.92 Å². The number of ether oxygens (including phenoxy) is 1. The highest BCUT2D eigenvalue weighted by Gasteiger charge is 2.27. The van der Waals surface area contributed by atoms with E-state index >= 15 is 0 Å². The van der Waals surface area contributed by atoms with Gasteiger partial charge in [0, 0.05) is 37.4 Å². The predicted molar refractivity (Wildman–Crippen MR) is 142 cm³/mol. The summed E-state index contributed by atoms with van der Waals surface area (Å²) in [6.07, 6.45) is 2.65. The number of urea groups is 1. The molecule has 3 rings (SSSR count). The molecule has 4 amide bonds. The maximum atomic E-state index is 12.6. The summed E-state index contributed by atoms with van der Waals surface area (Å²) in [7, 11) is 0. The molecule has 196 valence electrons. The van der Waals surface area contributed by atoms with Gasteiger partial charge in [-0.2, -0.15) is 5.26 Å². The molecule has 0 bridgehead atoms. The van der Waals surface area contributed by atoms with E-state index in [4.69, 9.17) is 10.00 Å². The van der Waals surface area contributed by atoms with Crippen LogP contribution in [0.15, 0.2) is 48.5 Å². The number of nitrogens with one attached hydrogen (secondary N) is 3. The van der Waals surface area contributed by atoms with Crippen LogP contribution in [0.5, 0.6) is 0 Å². The number of likely N-dealkylation sites (tertiary alicyclic amines) is 1. The minimum Gasteiger partial charge on any atom is -0.444 e. The van der Waals surface area contributed by atoms with Gasteiger partial charge in [-0.15, -0.1) is 0 Å². The molecule has 1 fully saturated rings. The average molecular weight is 506 g/mol. The van der Waals surface area contributed by atoms with E-state index in [0.29, 0.717) is 42.9 Å². The lowest BCUT2D eigenvalue weighted by Gasteiger charge is -2.34. The Morgan fingerprint density at radius 3 is 2.54 bits per heavy atom. The number of piperidine rings is 1. The van der Waals surface area contributed by atoms with Crippen LogP contribution in [-0.2, 0) is 16.1 Å². The number of rotatable bonds is 7. The smallest absolute Gasteiger partial charge is 0.410 e. The molecule has 1 saturated heterocycles. The fourth-order valence-electron chi connectivity index (χ4n) is 4.10. The number of carbonyl (C=O) groups excluding carboxylic acids is 3. The normalized spacial score (nSPS) is 15.3. The molecule has 0 aromatic heterocycles. The van der Waals surface area contributed by atoms with Crippen molar-refractivity contribution >= 4 is 29.4 Å². The Kier molecular flexibility index (Phi) is 9.50. The fourth-order valence-corrected chi connectivity index (χ4v) is 4.10. The van der Waals surface area contributed by atoms with Gasteiger partial charge in [-0.1, -0.05) is 12.1 Å². The summed E-state index contributed by atoms with van der Waals surface area (Å²) in [5, 5.41) is 17.3. The van der Waals surface area contributed by atoms with E-state index in [-0.39, 0.29) is 30.5 Å². The second kappa shape index (κ2) is 12.8. The predicted octanol–water partition coefficient (Wildman–Crippen LogP) is 5.25. The first kappa shape index (κ1) is 27.5. The maximum absolute atomic E-state index is 12.6. The molecule has 1 aliphatic rings. The zero-order valence-electron chi connectivity index (χ0n) is 21.7. The van der Waals surface area contributed by atoms with Gasteiger partial charge in [0.15, 0.2) is 0 Å². The summed E-state index contributed by atoms with van der Waals surface area (Å²) in [5.74, 6) is 0.176. The standard InChI is InChI=1S/C28H35N5O4/c1-28(2,3)37-27(36)33-15-5-7-21(19-33)11-14-25(34)31-24-8-4-6-22(16-24)18-30-26(35)32-23-12-9-20(17-29)10-13-23/h4,6,8-10,12-13,16,21H,5,7,11,14-15,18-19H2,1-3H3,(H,31,34)(H2,30,32,35). The Labute approximate surface area is 218 Å². The van der Waals surface area contributed by atoms with Gasteiger partial charge in [0.25, 0.3) is 0 Å². The number of carbonyl (C=O) groups is 3. The Morgan fingerprint density at radius 2 is 1.84 bits per heavy atom. The van der Waals surface area contributed by atoms with Crippen LogP contribution < -0.4 is 16.0 Å². The first-order valence-corrected chi connectivity index (χ1v) is 12.5. The zero-order chi connectivity index (χ0) is 26.8. The first-order valence-electron chi connectivity index (χ1n) is 12.5. The molecule has 1 aliphatic heterocycles. The number of benzene rings is 2. The molecular formula is C28H35N5O4. The molecule has 37 heavy (non-hydrogen) atoms. The second-order valence-corrected chi connectivity index (χ2v) is 10.2. The van der Waals surface area contributed by atoms with E-state index in [0.717, 1.165) is 18.4 Å². The molecule has 9 heteroatoms. The van der Waals surface area contributed by atoms with Gasteiger partial charge >= 0.3 is 12.1 Å². The summed E-state index contributed by atoms with van der Waals surface area (Å²) < 4.78 is 5.48. The lowest BCUT2D eigenvalue weighted by Crippen LogP contribution is -2.43. The van der Waals surface area contributed by atoms with Crippen molar-refractivity contribution in [2.45, 2.75) is 58.6 Å². The fraction of sp³-hybridized carbons (Fsp3) is 0.429. The molecule has 2 aromatic carbocycles. The molecule has 1 heterocycles. The zero-order valence-corrected chi connectivity index (χ0v) is 21.7. The monoisotopic (exact) mass is 505 g/mol. The molecule has 2 aromatic rings. The van der Waals surface area contributed by atoms with Gasteiger partial charge in [-0.25, -0.2) is 9.59 Å². The molecule has 9 nitrogen and oxygen atoms in total. The van der Waals surface area contributed by atoms with E-state index in [1.165, 1.54) is 0 Å². The molecule has 0 spiro atoms. The van der Waals surface area contributed by atoms with E-state index in [1.54, 1.807) is 29.2 Å². The topological polar surface area (TPSA) is 124 Å². The highest BCUT2D eigenvalue weighted by Crippen LogP contribution is 2.23. The number of hydrogen-bond donors (Lipinski definition) is 3. The summed E-state index contributed by atoms with van der Waals surface area (Å²) in [4.78, 5) is 38.9. The van der Waals surface area contributed by atoms with Gasteiger partial charge in [-0.05, 0) is 87.9 Å². The summed E-state index contributed by atoms with van der Waals surface area (Å²) in [6, 6.07) is 15.6. The van der Waals surface area contributed by atoms with Crippen molar-refractivity contribution in [3.05, 3.63) is 59.7 Å². The Hall–Kier alpha value is -4.06. The number of anilines is 2. The van der Waals surface area contributed by atoms with E-state index in [9.17, 15) is 14.4 Å². The van der Waals surface area contributed by atoms with E-state index in [1.807, 2.05) is 51.1 Å². The third-order valence-corrected chi connectivity index (χ3v) is 5.89. The molecule has 0 radical (unpaired) electrons. The lowest BCUT2D eigenvalue weighted by molar-refractivity contribution is -0.116. The van der Waals surface area contributed by atoms with Crippen LogP contribution in [0.4, 0.5) is 21.0 Å². The second-order valence-electron chi connectivity index (χ2n) is 10.2. The molecule has 3 N–H and O–H groups in total. The van der Waals surface area contributed by atoms with Crippen molar-refractivity contribution < 1.29 is 19.1 Å². The van der Waals surface area contributed by atoms with Crippen LogP contribution in [0, 0.1) is 17.2 Å². The van der Waals surface area contributed by atoms with Gasteiger partial charge in [0.2, 0.25) is 5.91 Å². The van der Waals surface area contributed by atoms with Gasteiger partial charge in [0.05, 0.1) is 11.6 Å². The van der Waals surface area contributed by atoms with E-state index < -0.39 is 5.60 Å². The SMILES string of the molecule is CC(C)(C)OC(=O)N1CCCC(CCC(=O)Nc2cccc(CNC(=O)Nc3ccc(C#N)cc3)c2)C1. The van der Waals surface area contributed by atoms with Crippen LogP contribution in [0.2, 0.25) is 0 Å². The summed E-state index contributed by atoms with van der Waals surface area (Å²) in [6.45, 7) is 7.14. The van der Waals surface area contributed by atoms with Gasteiger partial charge in [-0.3, -0.25) is 4.79 Å². The third kappa shape index (κ3) is 9.49. The minimum absolute atomic E-state index is 0.0851. The van der Waals surface area contributed by atoms with Gasteiger partial charge < -0.3 is 25.6 Å². The molecule has 0 saturated carbocycles. The van der Waals surface area contributed by atoms with Crippen molar-refractivity contribution in [1.82, 2.24) is 10.2 Å². The minimum atomic E-state index is -0.525. The summed E-state index contributed by atoms with van der Waals surface area (Å²) in [5.41, 5.74) is 2.09. The third-order valence-electron chi connectivity index (χ3n) is 5.89. The highest BCUT2D eigenvalue weighted by molar-refractivity contribution is 5.91. The number of amides is 4. The first-order chi connectivity index (χ1) is 17.6. The molecule has 1 unspecified atom stereocenters. The van der Waals surface area contributed by atoms with Crippen molar-refractivity contribution in [3.8, 4) is 6.07 Å². The lowest BCUT2D eigenvalue weighted by atomic mass is 9.93. The quantitative estimate of drug-likeness (QED) is 0.474. The van der Waals surface area contributed by atoms with E-state index in [2.05, 4.69) is 16.0 Å². The average Bonchev–Trinajstić information content (AvgIpc) is 2.86. The number of nitrogens with zero attached hydrogens (tertiary/aromatic N) is 2. The number of hydrogen-bond acceptors (Lipinski definition) is 5. The number of nitriles is 1. The van der Waals surface area contributed by atoms with Crippen LogP contribution >= 0.6 is 0 Å². The van der Waals surface area contributed by atoms with Crippen LogP contribution in [0.1, 0.15) is 57.6 Å². The largest absolute Gasteiger partial charge is 0.444 e. The molecule has 1 atom stereocenters. The maximum Gasteiger partial charge on any atom is 0.410 e.